The molecular formula is C13H18FN3O2. The highest BCUT2D eigenvalue weighted by molar-refractivity contribution is 5.95. The molecule has 1 fully saturated rings. The number of pyridine rings is 1. The van der Waals surface area contributed by atoms with Crippen LogP contribution in [0.2, 0.25) is 0 Å². The molecule has 6 heteroatoms. The van der Waals surface area contributed by atoms with E-state index < -0.39 is 5.82 Å². The third kappa shape index (κ3) is 2.84. The first kappa shape index (κ1) is 13.7. The summed E-state index contributed by atoms with van der Waals surface area (Å²) in [7, 11) is 1.57. The van der Waals surface area contributed by atoms with Gasteiger partial charge in [0.1, 0.15) is 0 Å². The number of carbonyl (C=O) groups excluding carboxylic acids is 1. The molecule has 0 bridgehead atoms. The summed E-state index contributed by atoms with van der Waals surface area (Å²) in [6, 6.07) is 1.41. The molecule has 5 nitrogen and oxygen atoms in total. The maximum atomic E-state index is 14.1. The minimum absolute atomic E-state index is 0.0337. The van der Waals surface area contributed by atoms with Crippen LogP contribution in [-0.2, 0) is 4.74 Å². The molecule has 0 saturated carbocycles. The SMILES string of the molecule is CCC1CN(C(=O)c2ccnc(NC)c2F)CCO1. The number of anilines is 1. The number of rotatable bonds is 3. The van der Waals surface area contributed by atoms with Gasteiger partial charge >= 0.3 is 0 Å². The highest BCUT2D eigenvalue weighted by atomic mass is 19.1. The first-order valence-corrected chi connectivity index (χ1v) is 6.40. The number of amides is 1. The van der Waals surface area contributed by atoms with Crippen LogP contribution in [0.5, 0.6) is 0 Å². The van der Waals surface area contributed by atoms with Crippen LogP contribution in [-0.4, -0.2) is 48.6 Å². The maximum Gasteiger partial charge on any atom is 0.257 e. The van der Waals surface area contributed by atoms with Gasteiger partial charge in [0.05, 0.1) is 18.3 Å². The molecule has 1 aromatic rings. The highest BCUT2D eigenvalue weighted by Crippen LogP contribution is 2.18. The van der Waals surface area contributed by atoms with Crippen LogP contribution in [0.25, 0.3) is 0 Å². The van der Waals surface area contributed by atoms with E-state index in [1.807, 2.05) is 6.92 Å². The number of aromatic nitrogens is 1. The lowest BCUT2D eigenvalue weighted by atomic mass is 10.1. The second-order valence-electron chi connectivity index (χ2n) is 4.42. The Morgan fingerprint density at radius 1 is 1.68 bits per heavy atom. The van der Waals surface area contributed by atoms with Gasteiger partial charge < -0.3 is 15.0 Å². The van der Waals surface area contributed by atoms with Gasteiger partial charge in [-0.1, -0.05) is 6.92 Å². The molecule has 1 atom stereocenters. The van der Waals surface area contributed by atoms with E-state index in [9.17, 15) is 9.18 Å². The minimum atomic E-state index is -0.602. The van der Waals surface area contributed by atoms with Crippen molar-refractivity contribution in [1.82, 2.24) is 9.88 Å². The van der Waals surface area contributed by atoms with E-state index in [2.05, 4.69) is 10.3 Å². The quantitative estimate of drug-likeness (QED) is 0.902. The topological polar surface area (TPSA) is 54.5 Å². The van der Waals surface area contributed by atoms with Crippen molar-refractivity contribution in [2.24, 2.45) is 0 Å². The van der Waals surface area contributed by atoms with Gasteiger partial charge in [-0.15, -0.1) is 0 Å². The predicted octanol–water partition coefficient (Wildman–Crippen LogP) is 1.51. The van der Waals surface area contributed by atoms with Crippen LogP contribution in [0.3, 0.4) is 0 Å². The van der Waals surface area contributed by atoms with Crippen molar-refractivity contribution < 1.29 is 13.9 Å². The Hall–Kier alpha value is -1.69. The normalized spacial score (nSPS) is 19.3. The largest absolute Gasteiger partial charge is 0.375 e. The Morgan fingerprint density at radius 2 is 2.47 bits per heavy atom. The number of ether oxygens (including phenoxy) is 1. The molecule has 0 radical (unpaired) electrons. The maximum absolute atomic E-state index is 14.1. The number of hydrogen-bond donors (Lipinski definition) is 1. The molecule has 1 amide bonds. The fraction of sp³-hybridized carbons (Fsp3) is 0.538. The summed E-state index contributed by atoms with van der Waals surface area (Å²) in [4.78, 5) is 17.8. The standard InChI is InChI=1S/C13H18FN3O2/c1-3-9-8-17(6-7-19-9)13(18)10-4-5-16-12(15-2)11(10)14/h4-5,9H,3,6-8H2,1-2H3,(H,15,16). The molecule has 1 unspecified atom stereocenters. The van der Waals surface area contributed by atoms with Gasteiger partial charge in [0.25, 0.3) is 5.91 Å². The number of halogens is 1. The molecule has 2 rings (SSSR count). The minimum Gasteiger partial charge on any atom is -0.375 e. The zero-order valence-corrected chi connectivity index (χ0v) is 11.1. The summed E-state index contributed by atoms with van der Waals surface area (Å²) in [5.41, 5.74) is 0.0519. The van der Waals surface area contributed by atoms with E-state index in [0.717, 1.165) is 6.42 Å². The second kappa shape index (κ2) is 5.97. The van der Waals surface area contributed by atoms with Gasteiger partial charge in [0.15, 0.2) is 11.6 Å². The van der Waals surface area contributed by atoms with E-state index in [1.165, 1.54) is 12.3 Å². The van der Waals surface area contributed by atoms with Gasteiger partial charge in [-0.2, -0.15) is 0 Å². The van der Waals surface area contributed by atoms with E-state index >= 15 is 0 Å². The lowest BCUT2D eigenvalue weighted by Crippen LogP contribution is -2.45. The first-order valence-electron chi connectivity index (χ1n) is 6.40. The number of hydrogen-bond acceptors (Lipinski definition) is 4. The summed E-state index contributed by atoms with van der Waals surface area (Å²) in [5, 5.41) is 2.63. The molecule has 1 aliphatic rings. The van der Waals surface area contributed by atoms with Crippen LogP contribution in [0.15, 0.2) is 12.3 Å². The van der Waals surface area contributed by atoms with E-state index in [1.54, 1.807) is 11.9 Å². The monoisotopic (exact) mass is 267 g/mol. The van der Waals surface area contributed by atoms with Crippen molar-refractivity contribution in [3.8, 4) is 0 Å². The summed E-state index contributed by atoms with van der Waals surface area (Å²) in [6.45, 7) is 3.50. The second-order valence-corrected chi connectivity index (χ2v) is 4.42. The Bertz CT molecular complexity index is 467. The number of morpholine rings is 1. The van der Waals surface area contributed by atoms with Crippen molar-refractivity contribution >= 4 is 11.7 Å². The molecule has 1 aliphatic heterocycles. The predicted molar refractivity (Wildman–Crippen MR) is 69.7 cm³/mol. The zero-order chi connectivity index (χ0) is 13.8. The van der Waals surface area contributed by atoms with Gasteiger partial charge in [-0.25, -0.2) is 9.37 Å². The number of nitrogens with zero attached hydrogens (tertiary/aromatic N) is 2. The third-order valence-electron chi connectivity index (χ3n) is 3.24. The van der Waals surface area contributed by atoms with Gasteiger partial charge in [0, 0.05) is 26.3 Å². The van der Waals surface area contributed by atoms with E-state index in [0.29, 0.717) is 19.7 Å². The lowest BCUT2D eigenvalue weighted by molar-refractivity contribution is -0.0227. The van der Waals surface area contributed by atoms with Gasteiger partial charge in [0.2, 0.25) is 0 Å². The van der Waals surface area contributed by atoms with E-state index in [-0.39, 0.29) is 23.4 Å². The zero-order valence-electron chi connectivity index (χ0n) is 11.1. The fourth-order valence-electron chi connectivity index (χ4n) is 2.10. The van der Waals surface area contributed by atoms with Crippen molar-refractivity contribution in [2.75, 3.05) is 32.1 Å². The van der Waals surface area contributed by atoms with Crippen molar-refractivity contribution in [3.05, 3.63) is 23.6 Å². The van der Waals surface area contributed by atoms with Crippen LogP contribution in [0, 0.1) is 5.82 Å². The summed E-state index contributed by atoms with van der Waals surface area (Å²) in [5.74, 6) is -0.821. The molecule has 19 heavy (non-hydrogen) atoms. The molecule has 1 N–H and O–H groups in total. The molecule has 0 aromatic carbocycles. The lowest BCUT2D eigenvalue weighted by Gasteiger charge is -2.32. The Kier molecular flexibility index (Phi) is 4.31. The Balaban J connectivity index is 2.19. The number of carbonyl (C=O) groups is 1. The summed E-state index contributed by atoms with van der Waals surface area (Å²) in [6.07, 6.45) is 2.30. The fourth-order valence-corrected chi connectivity index (χ4v) is 2.10. The molecule has 2 heterocycles. The van der Waals surface area contributed by atoms with Crippen molar-refractivity contribution in [2.45, 2.75) is 19.4 Å². The summed E-state index contributed by atoms with van der Waals surface area (Å²) >= 11 is 0. The molecule has 1 aromatic heterocycles. The molecule has 0 spiro atoms. The van der Waals surface area contributed by atoms with Crippen LogP contribution < -0.4 is 5.32 Å². The van der Waals surface area contributed by atoms with Gasteiger partial charge in [-0.3, -0.25) is 4.79 Å². The summed E-state index contributed by atoms with van der Waals surface area (Å²) < 4.78 is 19.6. The molecular weight excluding hydrogens is 249 g/mol. The number of nitrogens with one attached hydrogen (secondary N) is 1. The molecule has 104 valence electrons. The van der Waals surface area contributed by atoms with Gasteiger partial charge in [-0.05, 0) is 12.5 Å². The molecule has 0 aliphatic carbocycles. The Labute approximate surface area is 111 Å². The van der Waals surface area contributed by atoms with Crippen molar-refractivity contribution in [3.63, 3.8) is 0 Å². The smallest absolute Gasteiger partial charge is 0.257 e. The van der Waals surface area contributed by atoms with Crippen molar-refractivity contribution in [1.29, 1.82) is 0 Å². The van der Waals surface area contributed by atoms with Crippen LogP contribution >= 0.6 is 0 Å². The average Bonchev–Trinajstić information content (AvgIpc) is 2.47. The van der Waals surface area contributed by atoms with E-state index in [4.69, 9.17) is 4.74 Å². The average molecular weight is 267 g/mol. The third-order valence-corrected chi connectivity index (χ3v) is 3.24. The molecule has 1 saturated heterocycles. The Morgan fingerprint density at radius 3 is 3.16 bits per heavy atom. The first-order chi connectivity index (χ1) is 9.17. The highest BCUT2D eigenvalue weighted by Gasteiger charge is 2.26. The van der Waals surface area contributed by atoms with Crippen LogP contribution in [0.1, 0.15) is 23.7 Å². The van der Waals surface area contributed by atoms with Crippen LogP contribution in [0.4, 0.5) is 10.2 Å².